The molecule has 8 heteroatoms. The lowest BCUT2D eigenvalue weighted by molar-refractivity contribution is -0.0602. The molecular formula is C21H23BrN6O. The summed E-state index contributed by atoms with van der Waals surface area (Å²) in [6.45, 7) is 5.79. The molecule has 0 amide bonds. The van der Waals surface area contributed by atoms with Crippen LogP contribution >= 0.6 is 15.9 Å². The maximum atomic E-state index is 6.10. The Hall–Kier alpha value is -2.55. The van der Waals surface area contributed by atoms with Crippen molar-refractivity contribution < 1.29 is 4.74 Å². The van der Waals surface area contributed by atoms with E-state index in [9.17, 15) is 0 Å². The van der Waals surface area contributed by atoms with E-state index in [4.69, 9.17) is 10.5 Å². The van der Waals surface area contributed by atoms with Gasteiger partial charge >= 0.3 is 0 Å². The van der Waals surface area contributed by atoms with Gasteiger partial charge in [0.2, 0.25) is 0 Å². The fourth-order valence-corrected chi connectivity index (χ4v) is 3.34. The van der Waals surface area contributed by atoms with Crippen molar-refractivity contribution in [3.05, 3.63) is 52.9 Å². The average molecular weight is 455 g/mol. The molecule has 29 heavy (non-hydrogen) atoms. The van der Waals surface area contributed by atoms with Gasteiger partial charge in [0.1, 0.15) is 5.82 Å². The quantitative estimate of drug-likeness (QED) is 0.480. The second-order valence-electron chi connectivity index (χ2n) is 7.41. The van der Waals surface area contributed by atoms with Crippen LogP contribution in [0.25, 0.3) is 27.7 Å². The van der Waals surface area contributed by atoms with Crippen LogP contribution in [0.15, 0.2) is 47.2 Å². The molecule has 1 saturated heterocycles. The van der Waals surface area contributed by atoms with Crippen molar-refractivity contribution in [3.8, 4) is 11.1 Å². The first-order chi connectivity index (χ1) is 13.9. The van der Waals surface area contributed by atoms with Gasteiger partial charge in [-0.05, 0) is 49.0 Å². The Morgan fingerprint density at radius 1 is 1.24 bits per heavy atom. The Balaban J connectivity index is 0.000000249. The topological polar surface area (TPSA) is 90.4 Å². The van der Waals surface area contributed by atoms with Crippen molar-refractivity contribution in [1.82, 2.24) is 24.9 Å². The summed E-state index contributed by atoms with van der Waals surface area (Å²) in [4.78, 5) is 9.10. The van der Waals surface area contributed by atoms with E-state index in [1.807, 2.05) is 44.4 Å². The van der Waals surface area contributed by atoms with E-state index in [1.54, 1.807) is 10.7 Å². The van der Waals surface area contributed by atoms with Gasteiger partial charge in [-0.15, -0.1) is 0 Å². The third-order valence-corrected chi connectivity index (χ3v) is 6.11. The van der Waals surface area contributed by atoms with Crippen LogP contribution in [0.2, 0.25) is 0 Å². The van der Waals surface area contributed by atoms with Crippen LogP contribution in [0.3, 0.4) is 0 Å². The molecule has 0 unspecified atom stereocenters. The largest absolute Gasteiger partial charge is 0.383 e. The molecule has 1 aliphatic rings. The fourth-order valence-electron chi connectivity index (χ4n) is 3.09. The number of hydrogen-bond donors (Lipinski definition) is 2. The maximum Gasteiger partial charge on any atom is 0.165 e. The Morgan fingerprint density at radius 3 is 2.66 bits per heavy atom. The molecule has 150 valence electrons. The van der Waals surface area contributed by atoms with Gasteiger partial charge in [-0.25, -0.2) is 4.98 Å². The number of nitrogens with one attached hydrogen (secondary N) is 1. The Bertz CT molecular complexity index is 1180. The summed E-state index contributed by atoms with van der Waals surface area (Å²) in [7, 11) is 1.96. The number of benzene rings is 1. The molecule has 5 rings (SSSR count). The van der Waals surface area contributed by atoms with Crippen molar-refractivity contribution in [2.24, 2.45) is 0 Å². The SMILES string of the molecule is CNC1(C)COC1.Cc1nc2c(-c3cnc4ccccc4c3)cnn2c(N)c1Br. The van der Waals surface area contributed by atoms with Crippen molar-refractivity contribution in [3.63, 3.8) is 0 Å². The van der Waals surface area contributed by atoms with Gasteiger partial charge in [0.15, 0.2) is 5.65 Å². The number of aryl methyl sites for hydroxylation is 1. The summed E-state index contributed by atoms with van der Waals surface area (Å²) in [5, 5.41) is 8.59. The van der Waals surface area contributed by atoms with Crippen LogP contribution in [-0.2, 0) is 4.74 Å². The second kappa shape index (κ2) is 7.70. The Kier molecular flexibility index (Phi) is 5.24. The van der Waals surface area contributed by atoms with Crippen LogP contribution in [0.4, 0.5) is 5.82 Å². The molecule has 1 aliphatic heterocycles. The number of nitrogens with two attached hydrogens (primary N) is 1. The van der Waals surface area contributed by atoms with E-state index in [-0.39, 0.29) is 0 Å². The predicted molar refractivity (Wildman–Crippen MR) is 119 cm³/mol. The normalized spacial score (nSPS) is 15.0. The van der Waals surface area contributed by atoms with Gasteiger partial charge in [0.05, 0.1) is 40.6 Å². The van der Waals surface area contributed by atoms with E-state index in [0.29, 0.717) is 11.4 Å². The fraction of sp³-hybridized carbons (Fsp3) is 0.286. The molecule has 4 aromatic rings. The van der Waals surface area contributed by atoms with E-state index in [2.05, 4.69) is 49.3 Å². The van der Waals surface area contributed by atoms with E-state index >= 15 is 0 Å². The molecule has 0 atom stereocenters. The second-order valence-corrected chi connectivity index (χ2v) is 8.20. The number of nitrogen functional groups attached to an aromatic ring is 1. The molecule has 1 fully saturated rings. The van der Waals surface area contributed by atoms with E-state index in [0.717, 1.165) is 51.1 Å². The highest BCUT2D eigenvalue weighted by Crippen LogP contribution is 2.30. The summed E-state index contributed by atoms with van der Waals surface area (Å²) in [6.07, 6.45) is 3.62. The monoisotopic (exact) mass is 454 g/mol. The van der Waals surface area contributed by atoms with Crippen molar-refractivity contribution in [2.75, 3.05) is 26.0 Å². The number of rotatable bonds is 2. The number of para-hydroxylation sites is 1. The lowest BCUT2D eigenvalue weighted by Crippen LogP contribution is -2.56. The number of nitrogens with zero attached hydrogens (tertiary/aromatic N) is 4. The molecule has 0 saturated carbocycles. The number of fused-ring (bicyclic) bond motifs is 2. The number of likely N-dealkylation sites (N-methyl/N-ethyl adjacent to an activating group) is 1. The number of pyridine rings is 1. The van der Waals surface area contributed by atoms with Crippen LogP contribution < -0.4 is 11.1 Å². The zero-order chi connectivity index (χ0) is 20.6. The minimum Gasteiger partial charge on any atom is -0.383 e. The molecule has 0 bridgehead atoms. The third-order valence-electron chi connectivity index (χ3n) is 5.13. The number of ether oxygens (including phenoxy) is 1. The van der Waals surface area contributed by atoms with Crippen LogP contribution in [0.1, 0.15) is 12.6 Å². The lowest BCUT2D eigenvalue weighted by Gasteiger charge is -2.37. The predicted octanol–water partition coefficient (Wildman–Crippen LogP) is 3.59. The van der Waals surface area contributed by atoms with Gasteiger partial charge in [-0.1, -0.05) is 18.2 Å². The van der Waals surface area contributed by atoms with Gasteiger partial charge in [-0.3, -0.25) is 4.98 Å². The van der Waals surface area contributed by atoms with E-state index in [1.165, 1.54) is 0 Å². The highest BCUT2D eigenvalue weighted by atomic mass is 79.9. The summed E-state index contributed by atoms with van der Waals surface area (Å²) >= 11 is 3.44. The van der Waals surface area contributed by atoms with Crippen LogP contribution in [0.5, 0.6) is 0 Å². The zero-order valence-electron chi connectivity index (χ0n) is 16.6. The summed E-state index contributed by atoms with van der Waals surface area (Å²) in [5.41, 5.74) is 10.8. The van der Waals surface area contributed by atoms with Crippen molar-refractivity contribution in [2.45, 2.75) is 19.4 Å². The van der Waals surface area contributed by atoms with Crippen molar-refractivity contribution >= 4 is 38.3 Å². The lowest BCUT2D eigenvalue weighted by atomic mass is 10.0. The zero-order valence-corrected chi connectivity index (χ0v) is 18.2. The highest BCUT2D eigenvalue weighted by Gasteiger charge is 2.30. The molecule has 3 N–H and O–H groups in total. The molecule has 0 aliphatic carbocycles. The minimum absolute atomic E-state index is 0.292. The maximum absolute atomic E-state index is 6.10. The number of hydrogen-bond acceptors (Lipinski definition) is 6. The smallest absolute Gasteiger partial charge is 0.165 e. The molecule has 4 heterocycles. The van der Waals surface area contributed by atoms with E-state index < -0.39 is 0 Å². The molecule has 7 nitrogen and oxygen atoms in total. The third kappa shape index (κ3) is 3.71. The Morgan fingerprint density at radius 2 is 2.00 bits per heavy atom. The summed E-state index contributed by atoms with van der Waals surface area (Å²) < 4.78 is 7.38. The first-order valence-electron chi connectivity index (χ1n) is 9.33. The number of anilines is 1. The standard InChI is InChI=1S/C16H12BrN5.C5H11NO/c1-9-14(17)15(18)22-16(21-9)12(8-20-22)11-6-10-4-2-3-5-13(10)19-7-11;1-5(6-2)3-7-4-5/h2-8H,18H2,1H3;6H,3-4H2,1-2H3. The molecule has 1 aromatic carbocycles. The Labute approximate surface area is 177 Å². The first kappa shape index (κ1) is 19.8. The highest BCUT2D eigenvalue weighted by molar-refractivity contribution is 9.10. The summed E-state index contributed by atoms with van der Waals surface area (Å²) in [6, 6.07) is 10.1. The van der Waals surface area contributed by atoms with Crippen molar-refractivity contribution in [1.29, 1.82) is 0 Å². The van der Waals surface area contributed by atoms with Gasteiger partial charge in [0, 0.05) is 22.7 Å². The average Bonchev–Trinajstić information content (AvgIpc) is 3.14. The number of aromatic nitrogens is 4. The van der Waals surface area contributed by atoms with Gasteiger partial charge < -0.3 is 15.8 Å². The van der Waals surface area contributed by atoms with Crippen LogP contribution in [0, 0.1) is 6.92 Å². The molecular weight excluding hydrogens is 432 g/mol. The van der Waals surface area contributed by atoms with Gasteiger partial charge in [-0.2, -0.15) is 9.61 Å². The van der Waals surface area contributed by atoms with Crippen LogP contribution in [-0.4, -0.2) is 45.4 Å². The molecule has 0 spiro atoms. The summed E-state index contributed by atoms with van der Waals surface area (Å²) in [5.74, 6) is 0.544. The van der Waals surface area contributed by atoms with Gasteiger partial charge in [0.25, 0.3) is 0 Å². The first-order valence-corrected chi connectivity index (χ1v) is 10.1. The molecule has 0 radical (unpaired) electrons. The molecule has 3 aromatic heterocycles. The minimum atomic E-state index is 0.292. The number of halogens is 1.